The fraction of sp³-hybridized carbons (Fsp3) is 0.588. The molecule has 0 amide bonds. The number of benzene rings is 1. The standard InChI is InChI=1S/C17H25BrO2/c1-3-5-13-20-17(19)16(18)8-6-7-15-11-9-14(4-2)10-12-15/h9-12,16H,3-8,13H2,1-2H3. The van der Waals surface area contributed by atoms with E-state index in [0.29, 0.717) is 6.61 Å². The quantitative estimate of drug-likeness (QED) is 0.370. The van der Waals surface area contributed by atoms with E-state index in [2.05, 4.69) is 54.0 Å². The van der Waals surface area contributed by atoms with Crippen LogP contribution in [0.15, 0.2) is 24.3 Å². The maximum Gasteiger partial charge on any atom is 0.319 e. The fourth-order valence-corrected chi connectivity index (χ4v) is 2.41. The van der Waals surface area contributed by atoms with E-state index in [1.54, 1.807) is 0 Å². The Hall–Kier alpha value is -0.830. The van der Waals surface area contributed by atoms with E-state index >= 15 is 0 Å². The van der Waals surface area contributed by atoms with Crippen molar-refractivity contribution in [2.45, 2.75) is 57.2 Å². The molecule has 0 heterocycles. The van der Waals surface area contributed by atoms with Crippen LogP contribution in [-0.4, -0.2) is 17.4 Å². The maximum absolute atomic E-state index is 11.7. The smallest absolute Gasteiger partial charge is 0.319 e. The average Bonchev–Trinajstić information content (AvgIpc) is 2.48. The van der Waals surface area contributed by atoms with Gasteiger partial charge in [0.15, 0.2) is 0 Å². The second-order valence-corrected chi connectivity index (χ2v) is 6.16. The zero-order valence-electron chi connectivity index (χ0n) is 12.5. The molecule has 0 aliphatic carbocycles. The van der Waals surface area contributed by atoms with Crippen molar-refractivity contribution in [2.24, 2.45) is 0 Å². The first-order valence-electron chi connectivity index (χ1n) is 7.55. The van der Waals surface area contributed by atoms with Crippen molar-refractivity contribution in [1.29, 1.82) is 0 Å². The number of unbranched alkanes of at least 4 members (excludes halogenated alkanes) is 1. The lowest BCUT2D eigenvalue weighted by Gasteiger charge is -2.10. The monoisotopic (exact) mass is 340 g/mol. The predicted octanol–water partition coefficient (Wildman–Crippen LogP) is 4.68. The van der Waals surface area contributed by atoms with Gasteiger partial charge < -0.3 is 4.74 Å². The first-order valence-corrected chi connectivity index (χ1v) is 8.47. The Morgan fingerprint density at radius 2 is 1.80 bits per heavy atom. The highest BCUT2D eigenvalue weighted by molar-refractivity contribution is 9.10. The van der Waals surface area contributed by atoms with Gasteiger partial charge in [0.25, 0.3) is 0 Å². The van der Waals surface area contributed by atoms with E-state index in [1.165, 1.54) is 11.1 Å². The van der Waals surface area contributed by atoms with E-state index in [1.807, 2.05) is 0 Å². The molecule has 0 spiro atoms. The molecule has 0 saturated carbocycles. The topological polar surface area (TPSA) is 26.3 Å². The summed E-state index contributed by atoms with van der Waals surface area (Å²) in [5, 5.41) is 0. The molecule has 2 nitrogen and oxygen atoms in total. The van der Waals surface area contributed by atoms with Gasteiger partial charge in [-0.15, -0.1) is 0 Å². The molecule has 0 bridgehead atoms. The second kappa shape index (κ2) is 9.98. The Bertz CT molecular complexity index is 386. The number of hydrogen-bond donors (Lipinski definition) is 0. The van der Waals surface area contributed by atoms with Gasteiger partial charge in [0, 0.05) is 0 Å². The van der Waals surface area contributed by atoms with Gasteiger partial charge in [-0.25, -0.2) is 0 Å². The van der Waals surface area contributed by atoms with Crippen molar-refractivity contribution >= 4 is 21.9 Å². The van der Waals surface area contributed by atoms with Crippen molar-refractivity contribution < 1.29 is 9.53 Å². The lowest BCUT2D eigenvalue weighted by atomic mass is 10.0. The Morgan fingerprint density at radius 1 is 1.15 bits per heavy atom. The maximum atomic E-state index is 11.7. The Labute approximate surface area is 131 Å². The highest BCUT2D eigenvalue weighted by Crippen LogP contribution is 2.14. The summed E-state index contributed by atoms with van der Waals surface area (Å²) >= 11 is 3.42. The summed E-state index contributed by atoms with van der Waals surface area (Å²) < 4.78 is 5.19. The number of aryl methyl sites for hydroxylation is 2. The van der Waals surface area contributed by atoms with Crippen LogP contribution in [0.2, 0.25) is 0 Å². The van der Waals surface area contributed by atoms with E-state index in [4.69, 9.17) is 4.74 Å². The zero-order chi connectivity index (χ0) is 14.8. The number of carbonyl (C=O) groups excluding carboxylic acids is 1. The van der Waals surface area contributed by atoms with Gasteiger partial charge in [-0.3, -0.25) is 4.79 Å². The number of hydrogen-bond acceptors (Lipinski definition) is 2. The molecule has 0 radical (unpaired) electrons. The fourth-order valence-electron chi connectivity index (χ4n) is 1.95. The highest BCUT2D eigenvalue weighted by Gasteiger charge is 2.15. The van der Waals surface area contributed by atoms with Gasteiger partial charge in [-0.1, -0.05) is 60.5 Å². The van der Waals surface area contributed by atoms with Gasteiger partial charge in [-0.05, 0) is 43.2 Å². The summed E-state index contributed by atoms with van der Waals surface area (Å²) in [7, 11) is 0. The molecule has 0 N–H and O–H groups in total. The summed E-state index contributed by atoms with van der Waals surface area (Å²) in [5.41, 5.74) is 2.70. The van der Waals surface area contributed by atoms with E-state index < -0.39 is 0 Å². The molecule has 0 aliphatic heterocycles. The van der Waals surface area contributed by atoms with Gasteiger partial charge in [0.2, 0.25) is 0 Å². The number of esters is 1. The molecule has 0 fully saturated rings. The van der Waals surface area contributed by atoms with Crippen molar-refractivity contribution in [2.75, 3.05) is 6.61 Å². The number of halogens is 1. The van der Waals surface area contributed by atoms with Crippen molar-refractivity contribution in [3.8, 4) is 0 Å². The van der Waals surface area contributed by atoms with Crippen molar-refractivity contribution in [1.82, 2.24) is 0 Å². The van der Waals surface area contributed by atoms with Crippen LogP contribution in [0, 0.1) is 0 Å². The first kappa shape index (κ1) is 17.2. The molecule has 1 unspecified atom stereocenters. The minimum absolute atomic E-state index is 0.125. The van der Waals surface area contributed by atoms with Gasteiger partial charge in [0.05, 0.1) is 6.61 Å². The third-order valence-corrected chi connectivity index (χ3v) is 4.18. The minimum atomic E-state index is -0.172. The summed E-state index contributed by atoms with van der Waals surface area (Å²) in [5.74, 6) is -0.125. The van der Waals surface area contributed by atoms with Gasteiger partial charge >= 0.3 is 5.97 Å². The SMILES string of the molecule is CCCCOC(=O)C(Br)CCCc1ccc(CC)cc1. The highest BCUT2D eigenvalue weighted by atomic mass is 79.9. The Kier molecular flexibility index (Phi) is 8.59. The summed E-state index contributed by atoms with van der Waals surface area (Å²) in [4.78, 5) is 11.5. The third kappa shape index (κ3) is 6.56. The van der Waals surface area contributed by atoms with Crippen LogP contribution in [-0.2, 0) is 22.4 Å². The molecule has 112 valence electrons. The second-order valence-electron chi connectivity index (χ2n) is 5.05. The van der Waals surface area contributed by atoms with Crippen LogP contribution in [0.4, 0.5) is 0 Å². The third-order valence-electron chi connectivity index (χ3n) is 3.35. The summed E-state index contributed by atoms with van der Waals surface area (Å²) in [6.45, 7) is 4.79. The molecule has 0 aromatic heterocycles. The molecule has 0 saturated heterocycles. The molecule has 1 rings (SSSR count). The van der Waals surface area contributed by atoms with Crippen LogP contribution in [0.1, 0.15) is 50.7 Å². The molecule has 3 heteroatoms. The number of alkyl halides is 1. The lowest BCUT2D eigenvalue weighted by molar-refractivity contribution is -0.143. The van der Waals surface area contributed by atoms with Crippen LogP contribution in [0.3, 0.4) is 0 Å². The van der Waals surface area contributed by atoms with Crippen molar-refractivity contribution in [3.05, 3.63) is 35.4 Å². The van der Waals surface area contributed by atoms with Crippen LogP contribution < -0.4 is 0 Å². The Balaban J connectivity index is 2.23. The van der Waals surface area contributed by atoms with Crippen LogP contribution in [0.5, 0.6) is 0 Å². The molecule has 20 heavy (non-hydrogen) atoms. The lowest BCUT2D eigenvalue weighted by Crippen LogP contribution is -2.18. The molecule has 1 atom stereocenters. The number of ether oxygens (including phenoxy) is 1. The summed E-state index contributed by atoms with van der Waals surface area (Å²) in [6, 6.07) is 8.73. The van der Waals surface area contributed by atoms with E-state index in [-0.39, 0.29) is 10.8 Å². The minimum Gasteiger partial charge on any atom is -0.465 e. The average molecular weight is 341 g/mol. The number of rotatable bonds is 9. The molecular formula is C17H25BrO2. The number of carbonyl (C=O) groups is 1. The van der Waals surface area contributed by atoms with Crippen LogP contribution >= 0.6 is 15.9 Å². The molecule has 1 aromatic carbocycles. The summed E-state index contributed by atoms with van der Waals surface area (Å²) in [6.07, 6.45) is 5.88. The zero-order valence-corrected chi connectivity index (χ0v) is 14.1. The van der Waals surface area contributed by atoms with Crippen LogP contribution in [0.25, 0.3) is 0 Å². The van der Waals surface area contributed by atoms with Gasteiger partial charge in [0.1, 0.15) is 4.83 Å². The normalized spacial score (nSPS) is 12.2. The molecule has 1 aromatic rings. The Morgan fingerprint density at radius 3 is 2.40 bits per heavy atom. The van der Waals surface area contributed by atoms with E-state index in [0.717, 1.165) is 38.5 Å². The molecule has 0 aliphatic rings. The van der Waals surface area contributed by atoms with Gasteiger partial charge in [-0.2, -0.15) is 0 Å². The molecular weight excluding hydrogens is 316 g/mol. The largest absolute Gasteiger partial charge is 0.465 e. The van der Waals surface area contributed by atoms with E-state index in [9.17, 15) is 4.79 Å². The predicted molar refractivity (Wildman–Crippen MR) is 87.3 cm³/mol. The first-order chi connectivity index (χ1) is 9.67. The van der Waals surface area contributed by atoms with Crippen molar-refractivity contribution in [3.63, 3.8) is 0 Å².